The maximum atomic E-state index is 11.5. The van der Waals surface area contributed by atoms with Crippen molar-refractivity contribution in [1.82, 2.24) is 10.6 Å². The van der Waals surface area contributed by atoms with Crippen molar-refractivity contribution in [2.24, 2.45) is 0 Å². The first-order valence-corrected chi connectivity index (χ1v) is 6.85. The van der Waals surface area contributed by atoms with E-state index in [1.807, 2.05) is 12.1 Å². The van der Waals surface area contributed by atoms with Gasteiger partial charge in [0.1, 0.15) is 6.42 Å². The van der Waals surface area contributed by atoms with Crippen LogP contribution in [0.4, 0.5) is 0 Å². The van der Waals surface area contributed by atoms with Gasteiger partial charge >= 0.3 is 0 Å². The molecule has 21 heavy (non-hydrogen) atoms. The fraction of sp³-hybridized carbons (Fsp3) is 0.267. The van der Waals surface area contributed by atoms with Crippen LogP contribution in [0.2, 0.25) is 5.02 Å². The zero-order chi connectivity index (χ0) is 15.5. The zero-order valence-corrected chi connectivity index (χ0v) is 12.2. The Morgan fingerprint density at radius 3 is 2.76 bits per heavy atom. The van der Waals surface area contributed by atoms with E-state index in [9.17, 15) is 9.59 Å². The number of hydrogen-bond acceptors (Lipinski definition) is 3. The Balaban J connectivity index is 2.20. The largest absolute Gasteiger partial charge is 0.355 e. The Kier molecular flexibility index (Phi) is 7.62. The number of carbonyl (C=O) groups excluding carboxylic acids is 2. The number of amides is 2. The summed E-state index contributed by atoms with van der Waals surface area (Å²) in [4.78, 5) is 22.5. The summed E-state index contributed by atoms with van der Waals surface area (Å²) in [7, 11) is 0. The van der Waals surface area contributed by atoms with Crippen LogP contribution in [0.25, 0.3) is 6.08 Å². The molecule has 0 radical (unpaired) electrons. The molecule has 1 aromatic carbocycles. The molecule has 0 fully saturated rings. The van der Waals surface area contributed by atoms with Crippen molar-refractivity contribution in [2.45, 2.75) is 12.8 Å². The average molecular weight is 306 g/mol. The van der Waals surface area contributed by atoms with E-state index in [4.69, 9.17) is 16.9 Å². The molecule has 0 saturated carbocycles. The van der Waals surface area contributed by atoms with E-state index in [2.05, 4.69) is 10.6 Å². The first kappa shape index (κ1) is 16.7. The minimum Gasteiger partial charge on any atom is -0.355 e. The van der Waals surface area contributed by atoms with Crippen LogP contribution in [0.3, 0.4) is 0 Å². The lowest BCUT2D eigenvalue weighted by molar-refractivity contribution is -0.120. The quantitative estimate of drug-likeness (QED) is 0.596. The van der Waals surface area contributed by atoms with Crippen LogP contribution in [0.5, 0.6) is 0 Å². The second-order valence-electron chi connectivity index (χ2n) is 4.22. The predicted octanol–water partition coefficient (Wildman–Crippen LogP) is 1.89. The smallest absolute Gasteiger partial charge is 0.244 e. The van der Waals surface area contributed by atoms with Gasteiger partial charge in [-0.3, -0.25) is 9.59 Å². The van der Waals surface area contributed by atoms with Gasteiger partial charge in [0, 0.05) is 24.2 Å². The van der Waals surface area contributed by atoms with Gasteiger partial charge in [0.2, 0.25) is 11.8 Å². The normalized spacial score (nSPS) is 10.1. The highest BCUT2D eigenvalue weighted by Crippen LogP contribution is 2.11. The Morgan fingerprint density at radius 1 is 1.29 bits per heavy atom. The molecule has 0 unspecified atom stereocenters. The number of benzene rings is 1. The van der Waals surface area contributed by atoms with E-state index in [1.165, 1.54) is 6.08 Å². The van der Waals surface area contributed by atoms with Crippen molar-refractivity contribution in [3.8, 4) is 6.07 Å². The van der Waals surface area contributed by atoms with Crippen LogP contribution in [-0.4, -0.2) is 24.9 Å². The van der Waals surface area contributed by atoms with Gasteiger partial charge in [-0.1, -0.05) is 23.7 Å². The molecule has 0 spiro atoms. The SMILES string of the molecule is N#CCC(=O)NCCCNC(=O)/C=C/c1cccc(Cl)c1. The minimum atomic E-state index is -0.301. The molecule has 5 nitrogen and oxygen atoms in total. The van der Waals surface area contributed by atoms with E-state index in [0.717, 1.165) is 5.56 Å². The molecular weight excluding hydrogens is 290 g/mol. The molecule has 6 heteroatoms. The van der Waals surface area contributed by atoms with Crippen LogP contribution in [-0.2, 0) is 9.59 Å². The summed E-state index contributed by atoms with van der Waals surface area (Å²) < 4.78 is 0. The molecule has 2 amide bonds. The molecule has 0 aliphatic heterocycles. The molecule has 0 aliphatic rings. The maximum absolute atomic E-state index is 11.5. The number of nitriles is 1. The number of carbonyl (C=O) groups is 2. The summed E-state index contributed by atoms with van der Waals surface area (Å²) in [6, 6.07) is 8.94. The molecule has 0 aromatic heterocycles. The van der Waals surface area contributed by atoms with E-state index >= 15 is 0 Å². The van der Waals surface area contributed by atoms with Crippen molar-refractivity contribution < 1.29 is 9.59 Å². The highest BCUT2D eigenvalue weighted by molar-refractivity contribution is 6.30. The van der Waals surface area contributed by atoms with Gasteiger partial charge in [-0.05, 0) is 30.2 Å². The fourth-order valence-electron chi connectivity index (χ4n) is 1.50. The van der Waals surface area contributed by atoms with Crippen molar-refractivity contribution in [1.29, 1.82) is 5.26 Å². The van der Waals surface area contributed by atoms with Crippen LogP contribution in [0.1, 0.15) is 18.4 Å². The van der Waals surface area contributed by atoms with Crippen LogP contribution < -0.4 is 10.6 Å². The molecule has 1 aromatic rings. The van der Waals surface area contributed by atoms with Gasteiger partial charge in [-0.2, -0.15) is 5.26 Å². The lowest BCUT2D eigenvalue weighted by Crippen LogP contribution is -2.28. The van der Waals surface area contributed by atoms with Gasteiger partial charge in [0.25, 0.3) is 0 Å². The topological polar surface area (TPSA) is 82.0 Å². The number of halogens is 1. The summed E-state index contributed by atoms with van der Waals surface area (Å²) in [5.74, 6) is -0.511. The molecule has 2 N–H and O–H groups in total. The summed E-state index contributed by atoms with van der Waals surface area (Å²) in [6.45, 7) is 0.879. The Bertz CT molecular complexity index is 564. The van der Waals surface area contributed by atoms with E-state index in [-0.39, 0.29) is 18.2 Å². The van der Waals surface area contributed by atoms with Crippen LogP contribution >= 0.6 is 11.6 Å². The third-order valence-electron chi connectivity index (χ3n) is 2.49. The van der Waals surface area contributed by atoms with Crippen molar-refractivity contribution in [3.63, 3.8) is 0 Å². The number of hydrogen-bond donors (Lipinski definition) is 2. The lowest BCUT2D eigenvalue weighted by atomic mass is 10.2. The number of nitrogens with one attached hydrogen (secondary N) is 2. The molecule has 1 rings (SSSR count). The fourth-order valence-corrected chi connectivity index (χ4v) is 1.70. The van der Waals surface area contributed by atoms with Crippen molar-refractivity contribution in [3.05, 3.63) is 40.9 Å². The number of nitrogens with zero attached hydrogens (tertiary/aromatic N) is 1. The third-order valence-corrected chi connectivity index (χ3v) is 2.73. The van der Waals surface area contributed by atoms with Gasteiger partial charge in [-0.25, -0.2) is 0 Å². The van der Waals surface area contributed by atoms with Gasteiger partial charge in [-0.15, -0.1) is 0 Å². The maximum Gasteiger partial charge on any atom is 0.244 e. The monoisotopic (exact) mass is 305 g/mol. The number of rotatable bonds is 7. The highest BCUT2D eigenvalue weighted by Gasteiger charge is 1.99. The average Bonchev–Trinajstić information content (AvgIpc) is 2.45. The van der Waals surface area contributed by atoms with Crippen molar-refractivity contribution >= 4 is 29.5 Å². The van der Waals surface area contributed by atoms with Crippen molar-refractivity contribution in [2.75, 3.05) is 13.1 Å². The van der Waals surface area contributed by atoms with E-state index in [1.54, 1.807) is 24.3 Å². The second-order valence-corrected chi connectivity index (χ2v) is 4.65. The standard InChI is InChI=1S/C15H16ClN3O2/c16-13-4-1-3-12(11-13)5-6-14(20)18-9-2-10-19-15(21)7-8-17/h1,3-6,11H,2,7,9-10H2,(H,18,20)(H,19,21)/b6-5+. The van der Waals surface area contributed by atoms with Crippen LogP contribution in [0, 0.1) is 11.3 Å². The first-order valence-electron chi connectivity index (χ1n) is 6.47. The third kappa shape index (κ3) is 7.75. The van der Waals surface area contributed by atoms with E-state index in [0.29, 0.717) is 24.5 Å². The molecule has 0 atom stereocenters. The summed E-state index contributed by atoms with van der Waals surface area (Å²) in [5, 5.41) is 14.2. The summed E-state index contributed by atoms with van der Waals surface area (Å²) in [6.07, 6.45) is 3.57. The van der Waals surface area contributed by atoms with Gasteiger partial charge < -0.3 is 10.6 Å². The van der Waals surface area contributed by atoms with Crippen LogP contribution in [0.15, 0.2) is 30.3 Å². The second kappa shape index (κ2) is 9.56. The molecular formula is C15H16ClN3O2. The Morgan fingerprint density at radius 2 is 2.05 bits per heavy atom. The zero-order valence-electron chi connectivity index (χ0n) is 11.4. The summed E-state index contributed by atoms with van der Waals surface area (Å²) in [5.41, 5.74) is 0.849. The molecule has 0 heterocycles. The Labute approximate surface area is 128 Å². The highest BCUT2D eigenvalue weighted by atomic mass is 35.5. The van der Waals surface area contributed by atoms with E-state index < -0.39 is 0 Å². The van der Waals surface area contributed by atoms with Gasteiger partial charge in [0.05, 0.1) is 6.07 Å². The summed E-state index contributed by atoms with van der Waals surface area (Å²) >= 11 is 5.84. The molecule has 110 valence electrons. The molecule has 0 saturated heterocycles. The first-order chi connectivity index (χ1) is 10.1. The predicted molar refractivity (Wildman–Crippen MR) is 81.4 cm³/mol. The lowest BCUT2D eigenvalue weighted by Gasteiger charge is -2.03. The Hall–Kier alpha value is -2.32. The molecule has 0 aliphatic carbocycles. The molecule has 0 bridgehead atoms. The minimum absolute atomic E-state index is 0.144. The van der Waals surface area contributed by atoms with Gasteiger partial charge in [0.15, 0.2) is 0 Å².